The van der Waals surface area contributed by atoms with E-state index in [0.29, 0.717) is 17.0 Å². The lowest BCUT2D eigenvalue weighted by Crippen LogP contribution is -2.33. The quantitative estimate of drug-likeness (QED) is 0.424. The molecule has 0 fully saturated rings. The number of nitro benzene ring substituents is 1. The van der Waals surface area contributed by atoms with E-state index in [-0.39, 0.29) is 17.8 Å². The number of nitriles is 1. The molecule has 0 saturated heterocycles. The van der Waals surface area contributed by atoms with Gasteiger partial charge in [-0.1, -0.05) is 30.3 Å². The summed E-state index contributed by atoms with van der Waals surface area (Å²) < 4.78 is 5.21. The van der Waals surface area contributed by atoms with Crippen molar-refractivity contribution >= 4 is 17.3 Å². The van der Waals surface area contributed by atoms with Crippen molar-refractivity contribution < 1.29 is 14.5 Å². The topological polar surface area (TPSA) is 117 Å². The molecule has 8 nitrogen and oxygen atoms in total. The second-order valence-corrected chi connectivity index (χ2v) is 6.65. The molecule has 0 spiro atoms. The van der Waals surface area contributed by atoms with Crippen LogP contribution in [0.4, 0.5) is 11.4 Å². The lowest BCUT2D eigenvalue weighted by molar-refractivity contribution is -0.385. The first-order chi connectivity index (χ1) is 15.0. The van der Waals surface area contributed by atoms with Gasteiger partial charge in [-0.05, 0) is 42.0 Å². The monoisotopic (exact) mass is 416 g/mol. The summed E-state index contributed by atoms with van der Waals surface area (Å²) >= 11 is 0. The van der Waals surface area contributed by atoms with E-state index in [4.69, 9.17) is 10.00 Å². The van der Waals surface area contributed by atoms with Crippen LogP contribution in [0, 0.1) is 21.4 Å². The summed E-state index contributed by atoms with van der Waals surface area (Å²) in [6, 6.07) is 21.0. The molecule has 0 aliphatic heterocycles. The second kappa shape index (κ2) is 9.89. The molecule has 1 unspecified atom stereocenters. The Morgan fingerprint density at radius 1 is 1.13 bits per heavy atom. The van der Waals surface area contributed by atoms with Crippen LogP contribution in [0.2, 0.25) is 0 Å². The van der Waals surface area contributed by atoms with Gasteiger partial charge in [-0.15, -0.1) is 0 Å². The SMILES string of the molecule is COc1ccc([N+](=O)[O-])c(C(Nc2ccc(C#N)cc2)C(=O)NCc2ccccc2)c1. The number of carbonyl (C=O) groups excluding carboxylic acids is 1. The summed E-state index contributed by atoms with van der Waals surface area (Å²) in [5, 5.41) is 26.5. The number of rotatable bonds is 8. The molecular formula is C23H20N4O4. The van der Waals surface area contributed by atoms with E-state index >= 15 is 0 Å². The fourth-order valence-corrected chi connectivity index (χ4v) is 3.04. The highest BCUT2D eigenvalue weighted by Crippen LogP contribution is 2.32. The first-order valence-electron chi connectivity index (χ1n) is 9.42. The molecule has 0 bridgehead atoms. The Labute approximate surface area is 179 Å². The molecule has 1 amide bonds. The van der Waals surface area contributed by atoms with E-state index in [1.807, 2.05) is 36.4 Å². The maximum atomic E-state index is 13.1. The van der Waals surface area contributed by atoms with Crippen LogP contribution in [0.5, 0.6) is 5.75 Å². The first kappa shape index (κ1) is 21.3. The minimum absolute atomic E-state index is 0.166. The van der Waals surface area contributed by atoms with E-state index in [9.17, 15) is 14.9 Å². The molecule has 0 saturated carbocycles. The maximum Gasteiger partial charge on any atom is 0.275 e. The number of benzene rings is 3. The van der Waals surface area contributed by atoms with Gasteiger partial charge in [-0.25, -0.2) is 0 Å². The Balaban J connectivity index is 1.96. The normalized spacial score (nSPS) is 11.1. The molecule has 1 atom stereocenters. The number of ether oxygens (including phenoxy) is 1. The number of carbonyl (C=O) groups is 1. The Bertz CT molecular complexity index is 1110. The van der Waals surface area contributed by atoms with Crippen LogP contribution < -0.4 is 15.4 Å². The standard InChI is InChI=1S/C23H20N4O4/c1-31-19-11-12-21(27(29)30)20(13-19)22(26-18-9-7-16(14-24)8-10-18)23(28)25-15-17-5-3-2-4-6-17/h2-13,22,26H,15H2,1H3,(H,25,28). The van der Waals surface area contributed by atoms with Crippen molar-refractivity contribution in [1.82, 2.24) is 5.32 Å². The van der Waals surface area contributed by atoms with Crippen LogP contribution in [0.25, 0.3) is 0 Å². The number of methoxy groups -OCH3 is 1. The van der Waals surface area contributed by atoms with Crippen molar-refractivity contribution in [1.29, 1.82) is 5.26 Å². The van der Waals surface area contributed by atoms with Crippen LogP contribution in [0.1, 0.15) is 22.7 Å². The third-order valence-electron chi connectivity index (χ3n) is 4.64. The van der Waals surface area contributed by atoms with Crippen LogP contribution >= 0.6 is 0 Å². The second-order valence-electron chi connectivity index (χ2n) is 6.65. The maximum absolute atomic E-state index is 13.1. The van der Waals surface area contributed by atoms with Gasteiger partial charge >= 0.3 is 0 Å². The van der Waals surface area contributed by atoms with Crippen molar-refractivity contribution in [3.05, 3.63) is 99.6 Å². The van der Waals surface area contributed by atoms with Gasteiger partial charge in [0.05, 0.1) is 29.2 Å². The molecule has 0 aromatic heterocycles. The fraction of sp³-hybridized carbons (Fsp3) is 0.130. The number of amides is 1. The summed E-state index contributed by atoms with van der Waals surface area (Å²) in [6.07, 6.45) is 0. The highest BCUT2D eigenvalue weighted by atomic mass is 16.6. The summed E-state index contributed by atoms with van der Waals surface area (Å²) in [5.74, 6) is -0.0485. The van der Waals surface area contributed by atoms with Gasteiger partial charge in [0.15, 0.2) is 0 Å². The molecule has 3 aromatic carbocycles. The molecule has 0 aliphatic rings. The van der Waals surface area contributed by atoms with Crippen LogP contribution in [-0.2, 0) is 11.3 Å². The number of nitrogens with one attached hydrogen (secondary N) is 2. The lowest BCUT2D eigenvalue weighted by atomic mass is 10.0. The molecule has 3 rings (SSSR count). The third kappa shape index (κ3) is 5.36. The third-order valence-corrected chi connectivity index (χ3v) is 4.64. The van der Waals surface area contributed by atoms with E-state index in [2.05, 4.69) is 10.6 Å². The molecule has 8 heteroatoms. The molecular weight excluding hydrogens is 396 g/mol. The van der Waals surface area contributed by atoms with Crippen molar-refractivity contribution in [2.24, 2.45) is 0 Å². The van der Waals surface area contributed by atoms with E-state index in [1.165, 1.54) is 25.3 Å². The minimum Gasteiger partial charge on any atom is -0.497 e. The summed E-state index contributed by atoms with van der Waals surface area (Å²) in [6.45, 7) is 0.267. The zero-order valence-electron chi connectivity index (χ0n) is 16.7. The summed E-state index contributed by atoms with van der Waals surface area (Å²) in [7, 11) is 1.45. The Morgan fingerprint density at radius 3 is 2.45 bits per heavy atom. The summed E-state index contributed by atoms with van der Waals surface area (Å²) in [5.41, 5.74) is 1.85. The number of nitrogens with zero attached hydrogens (tertiary/aromatic N) is 2. The summed E-state index contributed by atoms with van der Waals surface area (Å²) in [4.78, 5) is 24.2. The predicted octanol–water partition coefficient (Wildman–Crippen LogP) is 3.94. The largest absolute Gasteiger partial charge is 0.497 e. The molecule has 2 N–H and O–H groups in total. The predicted molar refractivity (Wildman–Crippen MR) is 115 cm³/mol. The molecule has 0 aliphatic carbocycles. The number of nitro groups is 1. The molecule has 3 aromatic rings. The highest BCUT2D eigenvalue weighted by molar-refractivity contribution is 5.87. The molecule has 0 heterocycles. The van der Waals surface area contributed by atoms with Gasteiger partial charge in [-0.3, -0.25) is 14.9 Å². The van der Waals surface area contributed by atoms with Crippen LogP contribution in [0.3, 0.4) is 0 Å². The average molecular weight is 416 g/mol. The first-order valence-corrected chi connectivity index (χ1v) is 9.42. The van der Waals surface area contributed by atoms with Gasteiger partial charge in [-0.2, -0.15) is 5.26 Å². The number of hydrogen-bond donors (Lipinski definition) is 2. The zero-order chi connectivity index (χ0) is 22.2. The Kier molecular flexibility index (Phi) is 6.81. The van der Waals surface area contributed by atoms with Crippen molar-refractivity contribution in [2.75, 3.05) is 12.4 Å². The van der Waals surface area contributed by atoms with Crippen molar-refractivity contribution in [3.8, 4) is 11.8 Å². The highest BCUT2D eigenvalue weighted by Gasteiger charge is 2.29. The van der Waals surface area contributed by atoms with Gasteiger partial charge in [0, 0.05) is 18.3 Å². The zero-order valence-corrected chi connectivity index (χ0v) is 16.7. The van der Waals surface area contributed by atoms with Crippen LogP contribution in [-0.4, -0.2) is 17.9 Å². The van der Waals surface area contributed by atoms with Gasteiger partial charge in [0.2, 0.25) is 5.91 Å². The van der Waals surface area contributed by atoms with E-state index in [1.54, 1.807) is 24.3 Å². The van der Waals surface area contributed by atoms with E-state index in [0.717, 1.165) is 5.56 Å². The van der Waals surface area contributed by atoms with Crippen LogP contribution in [0.15, 0.2) is 72.8 Å². The number of hydrogen-bond acceptors (Lipinski definition) is 6. The molecule has 0 radical (unpaired) electrons. The molecule has 31 heavy (non-hydrogen) atoms. The average Bonchev–Trinajstić information content (AvgIpc) is 2.81. The fourth-order valence-electron chi connectivity index (χ4n) is 3.04. The number of anilines is 1. The van der Waals surface area contributed by atoms with Crippen molar-refractivity contribution in [3.63, 3.8) is 0 Å². The van der Waals surface area contributed by atoms with Gasteiger partial charge in [0.1, 0.15) is 11.8 Å². The Morgan fingerprint density at radius 2 is 1.84 bits per heavy atom. The van der Waals surface area contributed by atoms with E-state index < -0.39 is 16.9 Å². The van der Waals surface area contributed by atoms with Crippen molar-refractivity contribution in [2.45, 2.75) is 12.6 Å². The minimum atomic E-state index is -1.06. The lowest BCUT2D eigenvalue weighted by Gasteiger charge is -2.20. The Hall–Kier alpha value is -4.38. The van der Waals surface area contributed by atoms with Gasteiger partial charge in [0.25, 0.3) is 5.69 Å². The molecule has 156 valence electrons. The smallest absolute Gasteiger partial charge is 0.275 e. The van der Waals surface area contributed by atoms with Gasteiger partial charge < -0.3 is 15.4 Å².